The fraction of sp³-hybridized carbons (Fsp3) is 0.261. The van der Waals surface area contributed by atoms with Gasteiger partial charge in [-0.3, -0.25) is 14.7 Å². The molecule has 6 heteroatoms. The van der Waals surface area contributed by atoms with Gasteiger partial charge in [-0.15, -0.1) is 0 Å². The lowest BCUT2D eigenvalue weighted by atomic mass is 9.92. The number of nitrogens with zero attached hydrogens (tertiary/aromatic N) is 2. The molecule has 0 saturated heterocycles. The van der Waals surface area contributed by atoms with Crippen LogP contribution >= 0.6 is 0 Å². The SMILES string of the molecule is CN1C(=O)[C@]2(NC(=O)c3cc(Cc4ccccc4)[nH]n3)C3[C@@H](c4ccccc41)[C@H]32. The third-order valence-corrected chi connectivity index (χ3v) is 6.70. The summed E-state index contributed by atoms with van der Waals surface area (Å²) >= 11 is 0. The number of para-hydroxylation sites is 1. The minimum absolute atomic E-state index is 0.0258. The van der Waals surface area contributed by atoms with Crippen LogP contribution in [0.5, 0.6) is 0 Å². The van der Waals surface area contributed by atoms with Crippen molar-refractivity contribution in [1.82, 2.24) is 15.5 Å². The van der Waals surface area contributed by atoms with E-state index in [2.05, 4.69) is 21.6 Å². The van der Waals surface area contributed by atoms with Crippen molar-refractivity contribution in [3.8, 4) is 0 Å². The smallest absolute Gasteiger partial charge is 0.272 e. The van der Waals surface area contributed by atoms with Crippen LogP contribution in [0.1, 0.15) is 33.2 Å². The Kier molecular flexibility index (Phi) is 3.17. The average Bonchev–Trinajstić information content (AvgIpc) is 3.60. The van der Waals surface area contributed by atoms with E-state index in [9.17, 15) is 9.59 Å². The molecule has 0 spiro atoms. The number of carbonyl (C=O) groups is 2. The van der Waals surface area contributed by atoms with Gasteiger partial charge in [0, 0.05) is 36.7 Å². The Morgan fingerprint density at radius 2 is 1.86 bits per heavy atom. The van der Waals surface area contributed by atoms with Gasteiger partial charge in [0.1, 0.15) is 11.2 Å². The zero-order valence-corrected chi connectivity index (χ0v) is 15.9. The number of likely N-dealkylation sites (N-methyl/N-ethyl adjacent to an activating group) is 1. The van der Waals surface area contributed by atoms with Crippen molar-refractivity contribution >= 4 is 17.5 Å². The Morgan fingerprint density at radius 3 is 2.66 bits per heavy atom. The van der Waals surface area contributed by atoms with Crippen LogP contribution in [-0.4, -0.2) is 34.6 Å². The van der Waals surface area contributed by atoms with E-state index in [4.69, 9.17) is 0 Å². The second kappa shape index (κ2) is 5.56. The molecule has 0 radical (unpaired) electrons. The summed E-state index contributed by atoms with van der Waals surface area (Å²) in [7, 11) is 1.79. The monoisotopic (exact) mass is 384 g/mol. The Hall–Kier alpha value is -3.41. The van der Waals surface area contributed by atoms with E-state index in [0.29, 0.717) is 18.0 Å². The fourth-order valence-corrected chi connectivity index (χ4v) is 5.19. The molecule has 3 heterocycles. The number of hydrogen-bond acceptors (Lipinski definition) is 3. The summed E-state index contributed by atoms with van der Waals surface area (Å²) in [5.74, 6) is 0.454. The van der Waals surface area contributed by atoms with Crippen LogP contribution < -0.4 is 10.2 Å². The third-order valence-electron chi connectivity index (χ3n) is 6.70. The lowest BCUT2D eigenvalue weighted by Crippen LogP contribution is -2.54. The molecule has 6 nitrogen and oxygen atoms in total. The first-order valence-corrected chi connectivity index (χ1v) is 9.89. The summed E-state index contributed by atoms with van der Waals surface area (Å²) < 4.78 is 0. The minimum atomic E-state index is -0.770. The molecule has 4 atom stereocenters. The van der Waals surface area contributed by atoms with Crippen molar-refractivity contribution in [3.63, 3.8) is 0 Å². The molecule has 1 aromatic heterocycles. The van der Waals surface area contributed by atoms with Gasteiger partial charge in [0.2, 0.25) is 0 Å². The van der Waals surface area contributed by atoms with Gasteiger partial charge in [0.05, 0.1) is 0 Å². The number of rotatable bonds is 4. The van der Waals surface area contributed by atoms with Gasteiger partial charge in [-0.1, -0.05) is 48.5 Å². The average molecular weight is 384 g/mol. The number of benzene rings is 2. The first kappa shape index (κ1) is 16.5. The third kappa shape index (κ3) is 2.20. The predicted molar refractivity (Wildman–Crippen MR) is 108 cm³/mol. The van der Waals surface area contributed by atoms with Crippen molar-refractivity contribution in [3.05, 3.63) is 83.2 Å². The lowest BCUT2D eigenvalue weighted by Gasteiger charge is -2.26. The van der Waals surface area contributed by atoms with E-state index in [1.54, 1.807) is 18.0 Å². The molecule has 2 amide bonds. The molecule has 2 N–H and O–H groups in total. The van der Waals surface area contributed by atoms with Crippen LogP contribution in [0.15, 0.2) is 60.7 Å². The minimum Gasteiger partial charge on any atom is -0.336 e. The molecule has 1 unspecified atom stereocenters. The molecule has 2 aliphatic heterocycles. The second-order valence-electron chi connectivity index (χ2n) is 8.26. The predicted octanol–water partition coefficient (Wildman–Crippen LogP) is 2.49. The first-order chi connectivity index (χ1) is 14.1. The molecule has 7 rings (SSSR count). The summed E-state index contributed by atoms with van der Waals surface area (Å²) in [4.78, 5) is 27.8. The van der Waals surface area contributed by atoms with Gasteiger partial charge < -0.3 is 10.2 Å². The van der Waals surface area contributed by atoms with Crippen molar-refractivity contribution < 1.29 is 9.59 Å². The quantitative estimate of drug-likeness (QED) is 0.725. The Morgan fingerprint density at radius 1 is 1.14 bits per heavy atom. The highest BCUT2D eigenvalue weighted by atomic mass is 16.2. The van der Waals surface area contributed by atoms with Crippen LogP contribution in [-0.2, 0) is 11.2 Å². The zero-order valence-electron chi connectivity index (χ0n) is 15.9. The van der Waals surface area contributed by atoms with Crippen LogP contribution in [0.2, 0.25) is 0 Å². The van der Waals surface area contributed by atoms with E-state index in [1.165, 1.54) is 5.56 Å². The van der Waals surface area contributed by atoms with Gasteiger partial charge in [-0.25, -0.2) is 0 Å². The molecular formula is C23H20N4O2. The Bertz CT molecular complexity index is 1140. The lowest BCUT2D eigenvalue weighted by molar-refractivity contribution is -0.122. The van der Waals surface area contributed by atoms with E-state index < -0.39 is 5.54 Å². The number of aromatic nitrogens is 2. The molecule has 29 heavy (non-hydrogen) atoms. The van der Waals surface area contributed by atoms with Crippen LogP contribution in [0.3, 0.4) is 0 Å². The molecule has 2 fully saturated rings. The molecule has 144 valence electrons. The first-order valence-electron chi connectivity index (χ1n) is 9.89. The maximum absolute atomic E-state index is 13.2. The largest absolute Gasteiger partial charge is 0.336 e. The van der Waals surface area contributed by atoms with Gasteiger partial charge in [-0.2, -0.15) is 5.10 Å². The number of aromatic amines is 1. The molecule has 2 aromatic carbocycles. The molecule has 2 saturated carbocycles. The van der Waals surface area contributed by atoms with Gasteiger partial charge in [0.25, 0.3) is 11.8 Å². The van der Waals surface area contributed by atoms with Gasteiger partial charge >= 0.3 is 0 Å². The summed E-state index contributed by atoms with van der Waals surface area (Å²) in [6, 6.07) is 19.8. The number of hydrogen-bond donors (Lipinski definition) is 2. The van der Waals surface area contributed by atoms with E-state index in [-0.39, 0.29) is 23.7 Å². The number of anilines is 1. The second-order valence-corrected chi connectivity index (χ2v) is 8.26. The molecule has 2 aliphatic carbocycles. The van der Waals surface area contributed by atoms with Crippen LogP contribution in [0.4, 0.5) is 5.69 Å². The van der Waals surface area contributed by atoms with Crippen molar-refractivity contribution in [2.75, 3.05) is 11.9 Å². The number of fused-ring (bicyclic) bond motifs is 1. The normalized spacial score (nSPS) is 28.2. The Balaban J connectivity index is 1.22. The van der Waals surface area contributed by atoms with Crippen LogP contribution in [0.25, 0.3) is 0 Å². The summed E-state index contributed by atoms with van der Waals surface area (Å²) in [6.07, 6.45) is 0.677. The fourth-order valence-electron chi connectivity index (χ4n) is 5.19. The van der Waals surface area contributed by atoms with Crippen LogP contribution in [0, 0.1) is 11.8 Å². The van der Waals surface area contributed by atoms with E-state index in [1.807, 2.05) is 48.5 Å². The summed E-state index contributed by atoms with van der Waals surface area (Å²) in [5.41, 5.74) is 3.74. The highest BCUT2D eigenvalue weighted by Gasteiger charge is 2.89. The number of amides is 2. The van der Waals surface area contributed by atoms with Crippen molar-refractivity contribution in [2.24, 2.45) is 11.8 Å². The van der Waals surface area contributed by atoms with E-state index >= 15 is 0 Å². The zero-order chi connectivity index (χ0) is 19.8. The van der Waals surface area contributed by atoms with Gasteiger partial charge in [-0.05, 0) is 29.2 Å². The topological polar surface area (TPSA) is 78.1 Å². The maximum atomic E-state index is 13.2. The molecule has 3 aromatic rings. The molecule has 2 bridgehead atoms. The summed E-state index contributed by atoms with van der Waals surface area (Å²) in [5, 5.41) is 10.2. The number of carbonyl (C=O) groups excluding carboxylic acids is 2. The Labute approximate surface area is 167 Å². The van der Waals surface area contributed by atoms with Crippen molar-refractivity contribution in [1.29, 1.82) is 0 Å². The van der Waals surface area contributed by atoms with E-state index in [0.717, 1.165) is 16.9 Å². The maximum Gasteiger partial charge on any atom is 0.272 e. The standard InChI is InChI=1S/C23H20N4O2/c1-27-17-10-6-5-9-15(17)18-19-20(18)23(19,22(27)29)24-21(28)16-12-14(25-26-16)11-13-7-3-2-4-8-13/h2-10,12,18-20H,11H2,1H3,(H,24,28)(H,25,26)/t18-,19+,20?,23+/m0/s1. The van der Waals surface area contributed by atoms with Crippen molar-refractivity contribution in [2.45, 2.75) is 17.9 Å². The highest BCUT2D eigenvalue weighted by Crippen LogP contribution is 2.82. The number of nitrogens with one attached hydrogen (secondary N) is 2. The number of H-pyrrole nitrogens is 1. The molecular weight excluding hydrogens is 364 g/mol. The summed E-state index contributed by atoms with van der Waals surface area (Å²) in [6.45, 7) is 0. The molecule has 4 aliphatic rings. The highest BCUT2D eigenvalue weighted by molar-refractivity contribution is 6.11. The van der Waals surface area contributed by atoms with Gasteiger partial charge in [0.15, 0.2) is 0 Å².